The van der Waals surface area contributed by atoms with Crippen LogP contribution in [0.15, 0.2) is 48.6 Å². The van der Waals surface area contributed by atoms with Crippen molar-refractivity contribution in [3.8, 4) is 5.75 Å². The summed E-state index contributed by atoms with van der Waals surface area (Å²) in [5.74, 6) is 0.286. The molecule has 3 fully saturated rings. The van der Waals surface area contributed by atoms with Gasteiger partial charge in [-0.1, -0.05) is 36.7 Å². The van der Waals surface area contributed by atoms with E-state index in [4.69, 9.17) is 25.8 Å². The molecule has 57 heavy (non-hydrogen) atoms. The van der Waals surface area contributed by atoms with Gasteiger partial charge in [0.2, 0.25) is 10.0 Å². The number of carbonyl (C=O) groups is 2. The Bertz CT molecular complexity index is 2040. The van der Waals surface area contributed by atoms with Crippen LogP contribution in [-0.4, -0.2) is 106 Å². The molecule has 2 amide bonds. The highest BCUT2D eigenvalue weighted by molar-refractivity contribution is 7.90. The molecule has 6 atom stereocenters. The second-order valence-electron chi connectivity index (χ2n) is 19.2. The Hall–Kier alpha value is -3.32. The Balaban J connectivity index is 1.12. The van der Waals surface area contributed by atoms with Crippen LogP contribution in [0.5, 0.6) is 5.75 Å². The largest absolute Gasteiger partial charge is 0.490 e. The third-order valence-electron chi connectivity index (χ3n) is 13.9. The number of anilines is 1. The van der Waals surface area contributed by atoms with Crippen LogP contribution in [0.3, 0.4) is 0 Å². The van der Waals surface area contributed by atoms with Crippen LogP contribution in [0.2, 0.25) is 5.02 Å². The summed E-state index contributed by atoms with van der Waals surface area (Å²) < 4.78 is 48.7. The molecule has 1 N–H and O–H groups in total. The van der Waals surface area contributed by atoms with E-state index in [1.807, 2.05) is 57.9 Å². The van der Waals surface area contributed by atoms with E-state index >= 15 is 0 Å². The van der Waals surface area contributed by atoms with E-state index in [1.165, 1.54) is 11.1 Å². The number of sulfonamides is 1. The summed E-state index contributed by atoms with van der Waals surface area (Å²) in [6, 6.07) is 11.6. The summed E-state index contributed by atoms with van der Waals surface area (Å²) in [4.78, 5) is 33.1. The van der Waals surface area contributed by atoms with Gasteiger partial charge in [-0.2, -0.15) is 0 Å². The zero-order chi connectivity index (χ0) is 40.5. The second-order valence-corrected chi connectivity index (χ2v) is 21.6. The number of carbonyl (C=O) groups excluding carboxylic acids is 2. The average Bonchev–Trinajstić information content (AvgIpc) is 3.25. The quantitative estimate of drug-likeness (QED) is 0.333. The van der Waals surface area contributed by atoms with Crippen LogP contribution in [0.1, 0.15) is 88.2 Å². The van der Waals surface area contributed by atoms with Gasteiger partial charge in [-0.25, -0.2) is 17.9 Å². The van der Waals surface area contributed by atoms with Crippen LogP contribution < -0.4 is 14.4 Å². The van der Waals surface area contributed by atoms with Gasteiger partial charge >= 0.3 is 6.09 Å². The Morgan fingerprint density at radius 2 is 1.82 bits per heavy atom. The highest BCUT2D eigenvalue weighted by atomic mass is 35.5. The molecule has 2 saturated heterocycles. The minimum atomic E-state index is -3.99. The summed E-state index contributed by atoms with van der Waals surface area (Å²) in [6.45, 7) is 15.0. The second kappa shape index (κ2) is 14.7. The zero-order valence-electron chi connectivity index (χ0n) is 34.3. The van der Waals surface area contributed by atoms with E-state index in [1.54, 1.807) is 13.0 Å². The van der Waals surface area contributed by atoms with Gasteiger partial charge in [0.15, 0.2) is 0 Å². The first kappa shape index (κ1) is 40.5. The fourth-order valence-corrected chi connectivity index (χ4v) is 12.1. The molecular formula is C44H59ClN4O7S. The van der Waals surface area contributed by atoms with Crippen LogP contribution >= 0.6 is 11.6 Å². The van der Waals surface area contributed by atoms with E-state index in [0.717, 1.165) is 62.4 Å². The molecule has 2 aromatic rings. The fraction of sp³-hybridized carbons (Fsp3) is 0.636. The summed E-state index contributed by atoms with van der Waals surface area (Å²) in [5, 5.41) is -0.0791. The van der Waals surface area contributed by atoms with Gasteiger partial charge in [-0.15, -0.1) is 0 Å². The number of halogens is 1. The van der Waals surface area contributed by atoms with Crippen LogP contribution in [0.25, 0.3) is 0 Å². The van der Waals surface area contributed by atoms with Crippen molar-refractivity contribution in [3.05, 3.63) is 70.3 Å². The Labute approximate surface area is 343 Å². The topological polar surface area (TPSA) is 118 Å². The van der Waals surface area contributed by atoms with Crippen molar-refractivity contribution in [1.82, 2.24) is 14.5 Å². The van der Waals surface area contributed by atoms with Gasteiger partial charge in [0.05, 0.1) is 17.5 Å². The lowest BCUT2D eigenvalue weighted by atomic mass is 9.63. The Kier molecular flexibility index (Phi) is 10.5. The standard InChI is InChI=1S/C44H59ClN4O7S/c1-29-9-7-18-44(54-6,27-47-22-42(23-47)24-49(25-42)40(51)56-41(3,4)5)36-14-11-33(36)21-48-26-43(17-8-10-31-19-34(45)13-15-35(31)43)28-55-38-16-12-32(20-37(38)48)39(50)46-57(52,53)30(29)2/h7,12-13,15-16,18-20,29-30,33,36H,8-11,14,17,21-28H2,1-6H3,(H,46,50)/b18-7+/t29-,30+,33-,36+,43-,44+/m0/s1. The van der Waals surface area contributed by atoms with Gasteiger partial charge in [-0.3, -0.25) is 9.69 Å². The van der Waals surface area contributed by atoms with Crippen LogP contribution in [0.4, 0.5) is 10.5 Å². The number of hydrogen-bond donors (Lipinski definition) is 1. The highest BCUT2D eigenvalue weighted by Gasteiger charge is 2.57. The molecule has 0 unspecified atom stereocenters. The van der Waals surface area contributed by atoms with Crippen molar-refractivity contribution in [2.24, 2.45) is 23.2 Å². The number of ether oxygens (including phenoxy) is 3. The van der Waals surface area contributed by atoms with Crippen molar-refractivity contribution in [3.63, 3.8) is 0 Å². The number of rotatable bonds is 3. The minimum absolute atomic E-state index is 0.0674. The lowest BCUT2D eigenvalue weighted by Crippen LogP contribution is -2.74. The number of nitrogens with zero attached hydrogens (tertiary/aromatic N) is 3. The van der Waals surface area contributed by atoms with Crippen LogP contribution in [-0.2, 0) is 31.3 Å². The van der Waals surface area contributed by atoms with E-state index in [-0.39, 0.29) is 40.2 Å². The number of fused-ring (bicyclic) bond motifs is 4. The third kappa shape index (κ3) is 7.69. The van der Waals surface area contributed by atoms with E-state index in [0.29, 0.717) is 45.0 Å². The number of benzene rings is 2. The number of allylic oxidation sites excluding steroid dienone is 1. The number of amides is 2. The molecule has 2 spiro atoms. The molecule has 13 heteroatoms. The van der Waals surface area contributed by atoms with E-state index in [2.05, 4.69) is 38.8 Å². The number of likely N-dealkylation sites (tertiary alicyclic amines) is 2. The van der Waals surface area contributed by atoms with Gasteiger partial charge in [0, 0.05) is 74.3 Å². The molecule has 310 valence electrons. The van der Waals surface area contributed by atoms with E-state index in [9.17, 15) is 18.0 Å². The zero-order valence-corrected chi connectivity index (χ0v) is 35.9. The molecule has 0 radical (unpaired) electrons. The molecule has 4 heterocycles. The van der Waals surface area contributed by atoms with Gasteiger partial charge in [0.1, 0.15) is 17.0 Å². The maximum absolute atomic E-state index is 13.7. The van der Waals surface area contributed by atoms with Crippen molar-refractivity contribution in [1.29, 1.82) is 0 Å². The Morgan fingerprint density at radius 1 is 1.05 bits per heavy atom. The smallest absolute Gasteiger partial charge is 0.410 e. The molecule has 1 saturated carbocycles. The molecular weight excluding hydrogens is 764 g/mol. The number of aryl methyl sites for hydroxylation is 1. The molecule has 11 nitrogen and oxygen atoms in total. The van der Waals surface area contributed by atoms with Gasteiger partial charge in [0.25, 0.3) is 5.91 Å². The first-order chi connectivity index (χ1) is 26.9. The summed E-state index contributed by atoms with van der Waals surface area (Å²) in [6.07, 6.45) is 9.55. The maximum atomic E-state index is 13.7. The van der Waals surface area contributed by atoms with Crippen molar-refractivity contribution < 1.29 is 32.2 Å². The van der Waals surface area contributed by atoms with Crippen molar-refractivity contribution in [2.75, 3.05) is 64.4 Å². The number of methoxy groups -OCH3 is 1. The monoisotopic (exact) mass is 822 g/mol. The maximum Gasteiger partial charge on any atom is 0.410 e. The SMILES string of the molecule is CO[C@@]1(CN2CC3(C2)CN(C(=O)OC(C)(C)C)C3)/C=C/C[C@H](C)[C@@H](C)S(=O)(=O)NC(=O)c2ccc3c(c2)N(C[C@@H]2CC[C@H]21)C[C@@]1(CCCc2cc(Cl)ccc21)CO3. The molecule has 8 rings (SSSR count). The van der Waals surface area contributed by atoms with Gasteiger partial charge < -0.3 is 24.0 Å². The Morgan fingerprint density at radius 3 is 2.53 bits per heavy atom. The normalized spacial score (nSPS) is 32.6. The predicted molar refractivity (Wildman–Crippen MR) is 222 cm³/mol. The van der Waals surface area contributed by atoms with Gasteiger partial charge in [-0.05, 0) is 125 Å². The third-order valence-corrected chi connectivity index (χ3v) is 16.1. The lowest BCUT2D eigenvalue weighted by Gasteiger charge is -2.62. The summed E-state index contributed by atoms with van der Waals surface area (Å²) >= 11 is 6.51. The van der Waals surface area contributed by atoms with Crippen molar-refractivity contribution in [2.45, 2.75) is 95.0 Å². The lowest BCUT2D eigenvalue weighted by molar-refractivity contribution is -0.152. The highest BCUT2D eigenvalue weighted by Crippen LogP contribution is 2.50. The molecule has 4 aliphatic heterocycles. The first-order valence-corrected chi connectivity index (χ1v) is 22.7. The van der Waals surface area contributed by atoms with Crippen LogP contribution in [0, 0.1) is 23.2 Å². The molecule has 6 aliphatic rings. The average molecular weight is 823 g/mol. The molecule has 2 aromatic carbocycles. The number of hydrogen-bond acceptors (Lipinski definition) is 9. The molecule has 2 bridgehead atoms. The molecule has 2 aliphatic carbocycles. The number of nitrogens with one attached hydrogen (secondary N) is 1. The summed E-state index contributed by atoms with van der Waals surface area (Å²) in [7, 11) is -2.18. The first-order valence-electron chi connectivity index (χ1n) is 20.7. The minimum Gasteiger partial charge on any atom is -0.490 e. The van der Waals surface area contributed by atoms with E-state index < -0.39 is 32.4 Å². The molecule has 0 aromatic heterocycles. The predicted octanol–water partition coefficient (Wildman–Crippen LogP) is 6.82. The fourth-order valence-electron chi connectivity index (χ4n) is 10.6. The summed E-state index contributed by atoms with van der Waals surface area (Å²) in [5.41, 5.74) is 2.24. The van der Waals surface area contributed by atoms with Crippen molar-refractivity contribution >= 4 is 39.3 Å².